The Hall–Kier alpha value is -3.29. The van der Waals surface area contributed by atoms with Gasteiger partial charge >= 0.3 is 0 Å². The molecule has 1 heterocycles. The van der Waals surface area contributed by atoms with Crippen LogP contribution in [0.2, 0.25) is 0 Å². The van der Waals surface area contributed by atoms with Crippen molar-refractivity contribution in [1.82, 2.24) is 10.1 Å². The van der Waals surface area contributed by atoms with E-state index in [1.165, 1.54) is 18.2 Å². The molecule has 0 spiro atoms. The number of para-hydroxylation sites is 1. The average molecular weight is 346 g/mol. The van der Waals surface area contributed by atoms with Gasteiger partial charge in [0.2, 0.25) is 5.82 Å². The van der Waals surface area contributed by atoms with Gasteiger partial charge in [-0.15, -0.1) is 0 Å². The molecule has 0 aliphatic carbocycles. The Morgan fingerprint density at radius 1 is 1.00 bits per heavy atom. The van der Waals surface area contributed by atoms with Crippen molar-refractivity contribution in [3.8, 4) is 11.4 Å². The third-order valence-corrected chi connectivity index (χ3v) is 3.44. The van der Waals surface area contributed by atoms with Gasteiger partial charge in [-0.25, -0.2) is 13.2 Å². The summed E-state index contributed by atoms with van der Waals surface area (Å²) in [7, 11) is 0. The highest BCUT2D eigenvalue weighted by Crippen LogP contribution is 2.25. The van der Waals surface area contributed by atoms with E-state index >= 15 is 0 Å². The number of allylic oxidation sites excluding steroid dienone is 1. The maximum atomic E-state index is 13.8. The molecule has 0 saturated heterocycles. The fourth-order valence-electron chi connectivity index (χ4n) is 2.14. The molecule has 0 unspecified atom stereocenters. The summed E-state index contributed by atoms with van der Waals surface area (Å²) in [5.41, 5.74) is 6.08. The number of halogens is 3. The minimum absolute atomic E-state index is 0.0266. The minimum atomic E-state index is -0.823. The first kappa shape index (κ1) is 16.6. The molecule has 3 aromatic rings. The molecular formula is C17H13F3N4O. The summed E-state index contributed by atoms with van der Waals surface area (Å²) < 4.78 is 46.2. The van der Waals surface area contributed by atoms with Gasteiger partial charge in [0.05, 0.1) is 11.3 Å². The summed E-state index contributed by atoms with van der Waals surface area (Å²) >= 11 is 0. The molecule has 0 fully saturated rings. The van der Waals surface area contributed by atoms with Crippen LogP contribution >= 0.6 is 0 Å². The van der Waals surface area contributed by atoms with Crippen molar-refractivity contribution >= 4 is 11.4 Å². The van der Waals surface area contributed by atoms with Gasteiger partial charge in [-0.1, -0.05) is 23.4 Å². The maximum absolute atomic E-state index is 13.8. The molecule has 0 saturated carbocycles. The number of hydrogen-bond acceptors (Lipinski definition) is 5. The molecule has 3 rings (SSSR count). The zero-order valence-electron chi connectivity index (χ0n) is 13.1. The van der Waals surface area contributed by atoms with Crippen molar-refractivity contribution in [2.75, 3.05) is 5.32 Å². The Kier molecular flexibility index (Phi) is 4.42. The van der Waals surface area contributed by atoms with E-state index in [9.17, 15) is 13.2 Å². The normalized spacial score (nSPS) is 12.0. The first-order valence-corrected chi connectivity index (χ1v) is 7.23. The first-order valence-electron chi connectivity index (χ1n) is 7.23. The Bertz CT molecular complexity index is 932. The van der Waals surface area contributed by atoms with Crippen molar-refractivity contribution in [1.29, 1.82) is 0 Å². The van der Waals surface area contributed by atoms with Crippen molar-refractivity contribution in [2.24, 2.45) is 5.73 Å². The zero-order valence-corrected chi connectivity index (χ0v) is 13.1. The third-order valence-electron chi connectivity index (χ3n) is 3.44. The number of nitrogens with two attached hydrogens (primary N) is 1. The zero-order chi connectivity index (χ0) is 18.0. The monoisotopic (exact) mass is 346 g/mol. The lowest BCUT2D eigenvalue weighted by Gasteiger charge is -2.09. The van der Waals surface area contributed by atoms with Crippen molar-refractivity contribution in [2.45, 2.75) is 6.92 Å². The van der Waals surface area contributed by atoms with Gasteiger partial charge in [0.25, 0.3) is 5.89 Å². The summed E-state index contributed by atoms with van der Waals surface area (Å²) in [6, 6.07) is 9.41. The van der Waals surface area contributed by atoms with Crippen molar-refractivity contribution in [3.05, 3.63) is 71.5 Å². The molecule has 0 radical (unpaired) electrons. The first-order chi connectivity index (χ1) is 12.0. The molecule has 8 heteroatoms. The van der Waals surface area contributed by atoms with E-state index in [2.05, 4.69) is 15.5 Å². The van der Waals surface area contributed by atoms with Gasteiger partial charge in [0.1, 0.15) is 23.1 Å². The van der Waals surface area contributed by atoms with E-state index in [1.54, 1.807) is 19.1 Å². The molecule has 0 aliphatic rings. The van der Waals surface area contributed by atoms with Crippen LogP contribution in [0.4, 0.5) is 18.9 Å². The van der Waals surface area contributed by atoms with Crippen LogP contribution in [-0.2, 0) is 0 Å². The summed E-state index contributed by atoms with van der Waals surface area (Å²) in [4.78, 5) is 3.91. The van der Waals surface area contributed by atoms with Gasteiger partial charge in [-0.05, 0) is 31.2 Å². The molecule has 0 bridgehead atoms. The molecule has 25 heavy (non-hydrogen) atoms. The van der Waals surface area contributed by atoms with Crippen LogP contribution in [0.25, 0.3) is 17.1 Å². The van der Waals surface area contributed by atoms with E-state index in [-0.39, 0.29) is 23.1 Å². The van der Waals surface area contributed by atoms with Gasteiger partial charge < -0.3 is 15.6 Å². The van der Waals surface area contributed by atoms with E-state index < -0.39 is 23.0 Å². The average Bonchev–Trinajstić information content (AvgIpc) is 3.05. The molecule has 2 aromatic carbocycles. The van der Waals surface area contributed by atoms with Crippen molar-refractivity contribution in [3.63, 3.8) is 0 Å². The van der Waals surface area contributed by atoms with Gasteiger partial charge in [-0.2, -0.15) is 4.98 Å². The Morgan fingerprint density at radius 2 is 1.64 bits per heavy atom. The van der Waals surface area contributed by atoms with Crippen LogP contribution in [0.3, 0.4) is 0 Å². The SMILES string of the molecule is C/C(Nc1ccccc1F)=C(/N)c1nc(-c2c(F)cccc2F)no1. The quantitative estimate of drug-likeness (QED) is 0.749. The Labute approximate surface area is 141 Å². The number of rotatable bonds is 4. The minimum Gasteiger partial charge on any atom is -0.393 e. The highest BCUT2D eigenvalue weighted by Gasteiger charge is 2.19. The smallest absolute Gasteiger partial charge is 0.275 e. The molecule has 128 valence electrons. The lowest BCUT2D eigenvalue weighted by Crippen LogP contribution is -2.08. The highest BCUT2D eigenvalue weighted by atomic mass is 19.1. The van der Waals surface area contributed by atoms with Crippen LogP contribution in [-0.4, -0.2) is 10.1 Å². The van der Waals surface area contributed by atoms with Crippen molar-refractivity contribution < 1.29 is 17.7 Å². The van der Waals surface area contributed by atoms with Crippen LogP contribution in [0, 0.1) is 17.5 Å². The van der Waals surface area contributed by atoms with Crippen LogP contribution in [0.15, 0.2) is 52.7 Å². The largest absolute Gasteiger partial charge is 0.393 e. The number of hydrogen-bond donors (Lipinski definition) is 2. The van der Waals surface area contributed by atoms with E-state index in [0.29, 0.717) is 5.70 Å². The number of nitrogens with zero attached hydrogens (tertiary/aromatic N) is 2. The molecule has 0 atom stereocenters. The van der Waals surface area contributed by atoms with E-state index in [4.69, 9.17) is 10.3 Å². The maximum Gasteiger partial charge on any atom is 0.275 e. The van der Waals surface area contributed by atoms with Gasteiger partial charge in [0, 0.05) is 5.70 Å². The Balaban J connectivity index is 1.92. The molecule has 1 aromatic heterocycles. The standard InChI is InChI=1S/C17H13F3N4O/c1-9(22-13-8-3-2-5-10(13)18)15(21)17-23-16(24-25-17)14-11(19)6-4-7-12(14)20/h2-8,22H,21H2,1H3/b15-9-. The van der Waals surface area contributed by atoms with Gasteiger partial charge in [-0.3, -0.25) is 0 Å². The lowest BCUT2D eigenvalue weighted by atomic mass is 10.2. The molecule has 0 aliphatic heterocycles. The summed E-state index contributed by atoms with van der Waals surface area (Å²) in [5.74, 6) is -2.52. The second-order valence-electron chi connectivity index (χ2n) is 5.16. The predicted molar refractivity (Wildman–Crippen MR) is 86.5 cm³/mol. The molecule has 5 nitrogen and oxygen atoms in total. The van der Waals surface area contributed by atoms with Crippen LogP contribution in [0.5, 0.6) is 0 Å². The molecular weight excluding hydrogens is 333 g/mol. The van der Waals surface area contributed by atoms with Gasteiger partial charge in [0.15, 0.2) is 0 Å². The number of nitrogens with one attached hydrogen (secondary N) is 1. The fraction of sp³-hybridized carbons (Fsp3) is 0.0588. The summed E-state index contributed by atoms with van der Waals surface area (Å²) in [6.07, 6.45) is 0. The third kappa shape index (κ3) is 3.32. The van der Waals surface area contributed by atoms with E-state index in [1.807, 2.05) is 0 Å². The number of anilines is 1. The molecule has 3 N–H and O–H groups in total. The lowest BCUT2D eigenvalue weighted by molar-refractivity contribution is 0.406. The topological polar surface area (TPSA) is 77.0 Å². The number of aromatic nitrogens is 2. The second-order valence-corrected chi connectivity index (χ2v) is 5.16. The second kappa shape index (κ2) is 6.68. The Morgan fingerprint density at radius 3 is 2.32 bits per heavy atom. The highest BCUT2D eigenvalue weighted by molar-refractivity contribution is 5.66. The predicted octanol–water partition coefficient (Wildman–Crippen LogP) is 3.91. The van der Waals surface area contributed by atoms with Crippen LogP contribution in [0.1, 0.15) is 12.8 Å². The number of benzene rings is 2. The fourth-order valence-corrected chi connectivity index (χ4v) is 2.14. The molecule has 0 amide bonds. The summed E-state index contributed by atoms with van der Waals surface area (Å²) in [6.45, 7) is 1.58. The van der Waals surface area contributed by atoms with Crippen LogP contribution < -0.4 is 11.1 Å². The summed E-state index contributed by atoms with van der Waals surface area (Å²) in [5, 5.41) is 6.34. The van der Waals surface area contributed by atoms with E-state index in [0.717, 1.165) is 12.1 Å².